The topological polar surface area (TPSA) is 153 Å². The second kappa shape index (κ2) is 8.61. The average molecular weight is 350 g/mol. The first kappa shape index (κ1) is 18.2. The van der Waals surface area contributed by atoms with Crippen molar-refractivity contribution in [2.24, 2.45) is 5.10 Å². The summed E-state index contributed by atoms with van der Waals surface area (Å²) in [7, 11) is 0. The average Bonchev–Trinajstić information content (AvgIpc) is 2.56. The molecule has 0 bridgehead atoms. The van der Waals surface area contributed by atoms with Crippen LogP contribution in [0.3, 0.4) is 0 Å². The SMILES string of the molecule is CCOc1ccc(/C=N\NC(=O)CNC2NNC(=O)NC2=O)c(O)c1. The molecular weight excluding hydrogens is 332 g/mol. The Bertz CT molecular complexity index is 692. The number of hydrogen-bond acceptors (Lipinski definition) is 8. The number of nitrogens with one attached hydrogen (secondary N) is 5. The van der Waals surface area contributed by atoms with Gasteiger partial charge in [-0.3, -0.25) is 25.6 Å². The quantitative estimate of drug-likeness (QED) is 0.258. The van der Waals surface area contributed by atoms with Crippen LogP contribution in [0.25, 0.3) is 0 Å². The highest BCUT2D eigenvalue weighted by molar-refractivity contribution is 5.99. The number of imide groups is 1. The number of carbonyl (C=O) groups excluding carboxylic acids is 3. The van der Waals surface area contributed by atoms with Crippen molar-refractivity contribution in [3.8, 4) is 11.5 Å². The molecule has 0 saturated carbocycles. The number of amides is 4. The van der Waals surface area contributed by atoms with E-state index < -0.39 is 24.0 Å². The minimum absolute atomic E-state index is 0.0408. The number of ether oxygens (including phenoxy) is 1. The van der Waals surface area contributed by atoms with Crippen LogP contribution >= 0.6 is 0 Å². The second-order valence-electron chi connectivity index (χ2n) is 4.85. The zero-order chi connectivity index (χ0) is 18.2. The van der Waals surface area contributed by atoms with E-state index in [1.165, 1.54) is 12.3 Å². The summed E-state index contributed by atoms with van der Waals surface area (Å²) in [5.41, 5.74) is 7.22. The Morgan fingerprint density at radius 2 is 2.24 bits per heavy atom. The third-order valence-electron chi connectivity index (χ3n) is 3.00. The largest absolute Gasteiger partial charge is 0.507 e. The molecule has 1 heterocycles. The molecule has 1 aromatic rings. The lowest BCUT2D eigenvalue weighted by atomic mass is 10.2. The highest BCUT2D eigenvalue weighted by Gasteiger charge is 2.25. The molecule has 0 radical (unpaired) electrons. The third kappa shape index (κ3) is 5.44. The van der Waals surface area contributed by atoms with E-state index in [0.717, 1.165) is 0 Å². The van der Waals surface area contributed by atoms with Crippen molar-refractivity contribution in [2.45, 2.75) is 13.1 Å². The fourth-order valence-electron chi connectivity index (χ4n) is 1.86. The van der Waals surface area contributed by atoms with Crippen LogP contribution in [0.2, 0.25) is 0 Å². The molecule has 0 aromatic heterocycles. The van der Waals surface area contributed by atoms with Gasteiger partial charge < -0.3 is 9.84 Å². The van der Waals surface area contributed by atoms with E-state index in [4.69, 9.17) is 4.74 Å². The van der Waals surface area contributed by atoms with Crippen LogP contribution in [0, 0.1) is 0 Å². The van der Waals surface area contributed by atoms with Gasteiger partial charge >= 0.3 is 6.03 Å². The van der Waals surface area contributed by atoms with E-state index >= 15 is 0 Å². The van der Waals surface area contributed by atoms with E-state index in [-0.39, 0.29) is 12.3 Å². The summed E-state index contributed by atoms with van der Waals surface area (Å²) < 4.78 is 5.24. The molecule has 1 saturated heterocycles. The maximum absolute atomic E-state index is 11.7. The number of carbonyl (C=O) groups is 3. The molecule has 1 aliphatic heterocycles. The van der Waals surface area contributed by atoms with Crippen LogP contribution in [0.1, 0.15) is 12.5 Å². The van der Waals surface area contributed by atoms with Gasteiger partial charge in [0, 0.05) is 11.6 Å². The predicted octanol–water partition coefficient (Wildman–Crippen LogP) is -1.50. The molecule has 1 fully saturated rings. The highest BCUT2D eigenvalue weighted by atomic mass is 16.5. The maximum atomic E-state index is 11.7. The van der Waals surface area contributed by atoms with Gasteiger partial charge in [-0.15, -0.1) is 0 Å². The van der Waals surface area contributed by atoms with Gasteiger partial charge in [-0.1, -0.05) is 0 Å². The molecule has 4 amide bonds. The zero-order valence-electron chi connectivity index (χ0n) is 13.3. The van der Waals surface area contributed by atoms with E-state index in [9.17, 15) is 19.5 Å². The van der Waals surface area contributed by atoms with Gasteiger partial charge in [-0.05, 0) is 19.1 Å². The number of hydrazone groups is 1. The summed E-state index contributed by atoms with van der Waals surface area (Å²) in [4.78, 5) is 33.9. The lowest BCUT2D eigenvalue weighted by Gasteiger charge is -2.23. The Kier molecular flexibility index (Phi) is 6.26. The molecule has 1 unspecified atom stereocenters. The number of phenols is 1. The maximum Gasteiger partial charge on any atom is 0.335 e. The predicted molar refractivity (Wildman–Crippen MR) is 86.6 cm³/mol. The molecule has 1 atom stereocenters. The minimum Gasteiger partial charge on any atom is -0.507 e. The van der Waals surface area contributed by atoms with Gasteiger partial charge in [0.25, 0.3) is 11.8 Å². The smallest absolute Gasteiger partial charge is 0.335 e. The lowest BCUT2D eigenvalue weighted by Crippen LogP contribution is -2.67. The fourth-order valence-corrected chi connectivity index (χ4v) is 1.86. The first-order valence-electron chi connectivity index (χ1n) is 7.37. The van der Waals surface area contributed by atoms with Gasteiger partial charge in [-0.25, -0.2) is 15.6 Å². The van der Waals surface area contributed by atoms with Crippen LogP contribution in [-0.4, -0.2) is 48.5 Å². The normalized spacial score (nSPS) is 17.1. The van der Waals surface area contributed by atoms with Gasteiger partial charge in [-0.2, -0.15) is 5.10 Å². The molecule has 0 spiro atoms. The van der Waals surface area contributed by atoms with Crippen molar-refractivity contribution >= 4 is 24.1 Å². The van der Waals surface area contributed by atoms with Crippen LogP contribution < -0.4 is 31.6 Å². The summed E-state index contributed by atoms with van der Waals surface area (Å²) in [5.74, 6) is -0.649. The standard InChI is InChI=1S/C14H18N6O5/c1-2-25-9-4-3-8(10(21)5-9)6-16-18-11(22)7-15-12-13(23)17-14(24)20-19-12/h3-6,12,15,19,21H,2,7H2,1H3,(H,18,22)(H2,17,20,23,24)/b16-6-. The summed E-state index contributed by atoms with van der Waals surface area (Å²) in [6.45, 7) is 2.08. The molecule has 0 aliphatic carbocycles. The molecular formula is C14H18N6O5. The van der Waals surface area contributed by atoms with Crippen molar-refractivity contribution in [1.82, 2.24) is 26.9 Å². The van der Waals surface area contributed by atoms with Gasteiger partial charge in [0.2, 0.25) is 0 Å². The Hall–Kier alpha value is -3.18. The molecule has 25 heavy (non-hydrogen) atoms. The summed E-state index contributed by atoms with van der Waals surface area (Å²) in [5, 5.41) is 18.1. The first-order chi connectivity index (χ1) is 12.0. The minimum atomic E-state index is -0.942. The Morgan fingerprint density at radius 3 is 2.92 bits per heavy atom. The molecule has 6 N–H and O–H groups in total. The summed E-state index contributed by atoms with van der Waals surface area (Å²) in [6.07, 6.45) is 0.331. The van der Waals surface area contributed by atoms with Crippen LogP contribution in [0.5, 0.6) is 11.5 Å². The van der Waals surface area contributed by atoms with E-state index in [2.05, 4.69) is 26.7 Å². The Morgan fingerprint density at radius 1 is 1.44 bits per heavy atom. The van der Waals surface area contributed by atoms with Crippen molar-refractivity contribution in [1.29, 1.82) is 0 Å². The molecule has 11 nitrogen and oxygen atoms in total. The molecule has 1 aromatic carbocycles. The Balaban J connectivity index is 1.78. The van der Waals surface area contributed by atoms with E-state index in [1.807, 2.05) is 12.2 Å². The summed E-state index contributed by atoms with van der Waals surface area (Å²) in [6, 6.07) is 4.02. The van der Waals surface area contributed by atoms with Gasteiger partial charge in [0.05, 0.1) is 19.4 Å². The molecule has 2 rings (SSSR count). The molecule has 1 aliphatic rings. The van der Waals surface area contributed by atoms with Gasteiger partial charge in [0.1, 0.15) is 11.5 Å². The lowest BCUT2D eigenvalue weighted by molar-refractivity contribution is -0.124. The van der Waals surface area contributed by atoms with Crippen molar-refractivity contribution in [2.75, 3.05) is 13.2 Å². The number of nitrogens with zero attached hydrogens (tertiary/aromatic N) is 1. The fraction of sp³-hybridized carbons (Fsp3) is 0.286. The van der Waals surface area contributed by atoms with Gasteiger partial charge in [0.15, 0.2) is 6.17 Å². The molecule has 134 valence electrons. The second-order valence-corrected chi connectivity index (χ2v) is 4.85. The van der Waals surface area contributed by atoms with Crippen molar-refractivity contribution in [3.63, 3.8) is 0 Å². The summed E-state index contributed by atoms with van der Waals surface area (Å²) >= 11 is 0. The number of urea groups is 1. The van der Waals surface area contributed by atoms with Crippen LogP contribution in [0.15, 0.2) is 23.3 Å². The number of hydrogen-bond donors (Lipinski definition) is 6. The first-order valence-corrected chi connectivity index (χ1v) is 7.37. The van der Waals surface area contributed by atoms with Crippen LogP contribution in [0.4, 0.5) is 4.79 Å². The van der Waals surface area contributed by atoms with Crippen LogP contribution in [-0.2, 0) is 9.59 Å². The molecule has 11 heteroatoms. The van der Waals surface area contributed by atoms with E-state index in [0.29, 0.717) is 17.9 Å². The van der Waals surface area contributed by atoms with E-state index in [1.54, 1.807) is 12.1 Å². The zero-order valence-corrected chi connectivity index (χ0v) is 13.3. The Labute approximate surface area is 142 Å². The highest BCUT2D eigenvalue weighted by Crippen LogP contribution is 2.22. The number of hydrazine groups is 1. The van der Waals surface area contributed by atoms with Crippen molar-refractivity contribution < 1.29 is 24.2 Å². The number of aromatic hydroxyl groups is 1. The van der Waals surface area contributed by atoms with Crippen molar-refractivity contribution in [3.05, 3.63) is 23.8 Å². The number of benzene rings is 1. The number of rotatable bonds is 7. The number of phenolic OH excluding ortho intramolecular Hbond substituents is 1. The third-order valence-corrected chi connectivity index (χ3v) is 3.00. The monoisotopic (exact) mass is 350 g/mol.